The average Bonchev–Trinajstić information content (AvgIpc) is 3.58. The fourth-order valence-electron chi connectivity index (χ4n) is 5.03. The van der Waals surface area contributed by atoms with Gasteiger partial charge in [-0.05, 0) is 45.4 Å². The van der Waals surface area contributed by atoms with Crippen LogP contribution in [0.1, 0.15) is 50.9 Å². The zero-order valence-corrected chi connectivity index (χ0v) is 23.1. The van der Waals surface area contributed by atoms with E-state index in [9.17, 15) is 4.79 Å². The summed E-state index contributed by atoms with van der Waals surface area (Å²) < 4.78 is 9.37. The van der Waals surface area contributed by atoms with Crippen molar-refractivity contribution in [3.8, 4) is 34.0 Å². The van der Waals surface area contributed by atoms with Crippen molar-refractivity contribution in [2.45, 2.75) is 52.5 Å². The van der Waals surface area contributed by atoms with Crippen LogP contribution in [0, 0.1) is 0 Å². The van der Waals surface area contributed by atoms with E-state index in [4.69, 9.17) is 4.74 Å². The first-order valence-corrected chi connectivity index (χ1v) is 13.2. The molecule has 2 aromatic heterocycles. The van der Waals surface area contributed by atoms with Gasteiger partial charge in [-0.2, -0.15) is 5.21 Å². The van der Waals surface area contributed by atoms with Gasteiger partial charge in [0, 0.05) is 17.5 Å². The van der Waals surface area contributed by atoms with Gasteiger partial charge < -0.3 is 4.74 Å². The summed E-state index contributed by atoms with van der Waals surface area (Å²) in [5, 5.41) is 14.5. The molecule has 0 unspecified atom stereocenters. The predicted octanol–water partition coefficient (Wildman–Crippen LogP) is 5.79. The number of aromatic nitrogens is 6. The predicted molar refractivity (Wildman–Crippen MR) is 153 cm³/mol. The number of para-hydroxylation sites is 1. The van der Waals surface area contributed by atoms with Crippen LogP contribution in [-0.2, 0) is 18.4 Å². The quantitative estimate of drug-likeness (QED) is 0.278. The number of aromatic amines is 1. The van der Waals surface area contributed by atoms with Gasteiger partial charge in [0.25, 0.3) is 0 Å². The van der Waals surface area contributed by atoms with E-state index >= 15 is 0 Å². The maximum atomic E-state index is 13.9. The van der Waals surface area contributed by atoms with Crippen LogP contribution in [0.25, 0.3) is 28.2 Å². The molecule has 0 fully saturated rings. The van der Waals surface area contributed by atoms with Crippen LogP contribution in [0.3, 0.4) is 0 Å². The summed E-state index contributed by atoms with van der Waals surface area (Å²) >= 11 is 0. The molecule has 5 rings (SSSR count). The van der Waals surface area contributed by atoms with Gasteiger partial charge in [0.05, 0.1) is 19.3 Å². The molecule has 200 valence electrons. The van der Waals surface area contributed by atoms with Crippen molar-refractivity contribution >= 4 is 0 Å². The van der Waals surface area contributed by atoms with E-state index in [1.54, 1.807) is 11.7 Å². The Morgan fingerprint density at radius 3 is 2.33 bits per heavy atom. The Morgan fingerprint density at radius 2 is 1.69 bits per heavy atom. The lowest BCUT2D eigenvalue weighted by molar-refractivity contribution is 0.410. The maximum absolute atomic E-state index is 13.9. The second kappa shape index (κ2) is 10.7. The van der Waals surface area contributed by atoms with Crippen molar-refractivity contribution in [1.29, 1.82) is 0 Å². The third-order valence-electron chi connectivity index (χ3n) is 6.95. The zero-order chi connectivity index (χ0) is 27.6. The summed E-state index contributed by atoms with van der Waals surface area (Å²) in [5.74, 6) is 1.24. The second-order valence-corrected chi connectivity index (χ2v) is 10.7. The van der Waals surface area contributed by atoms with Crippen molar-refractivity contribution in [3.63, 3.8) is 0 Å². The molecule has 1 N–H and O–H groups in total. The number of nitrogens with zero attached hydrogens (tertiary/aromatic N) is 5. The highest BCUT2D eigenvalue weighted by atomic mass is 16.5. The molecule has 0 aliphatic rings. The first kappa shape index (κ1) is 26.2. The SMILES string of the molecule is CCCc1cn(-c2c(OC)cccc2C(C)(C)C)c(=O)n1Cc1ccc(-c2ccccc2-c2nn[nH]n2)cc1. The number of aryl methyl sites for hydroxylation is 1. The number of nitrogens with one attached hydrogen (secondary N) is 1. The van der Waals surface area contributed by atoms with Gasteiger partial charge in [-0.1, -0.05) is 94.8 Å². The molecular weight excluding hydrogens is 488 g/mol. The molecule has 8 nitrogen and oxygen atoms in total. The average molecular weight is 523 g/mol. The molecule has 0 bridgehead atoms. The van der Waals surface area contributed by atoms with Crippen molar-refractivity contribution in [1.82, 2.24) is 29.8 Å². The molecule has 0 spiro atoms. The highest BCUT2D eigenvalue weighted by Gasteiger charge is 2.24. The Hall–Kier alpha value is -4.46. The van der Waals surface area contributed by atoms with Crippen LogP contribution in [0.15, 0.2) is 77.7 Å². The standard InChI is InChI=1S/C31H34N6O2/c1-6-10-23-20-37(28-26(31(2,3)4)13-9-14-27(28)39-5)30(38)36(23)19-21-15-17-22(18-16-21)24-11-7-8-12-25(24)29-32-34-35-33-29/h7-9,11-18,20H,6,10,19H2,1-5H3,(H,32,33,34,35). The minimum atomic E-state index is -0.163. The van der Waals surface area contributed by atoms with Gasteiger partial charge in [0.15, 0.2) is 0 Å². The Kier molecular flexibility index (Phi) is 7.19. The Balaban J connectivity index is 1.53. The summed E-state index contributed by atoms with van der Waals surface area (Å²) in [5.41, 5.74) is 6.65. The molecule has 0 radical (unpaired) electrons. The van der Waals surface area contributed by atoms with E-state index in [1.807, 2.05) is 47.2 Å². The highest BCUT2D eigenvalue weighted by Crippen LogP contribution is 2.35. The van der Waals surface area contributed by atoms with Gasteiger partial charge in [-0.3, -0.25) is 9.13 Å². The molecule has 0 aliphatic carbocycles. The number of hydrogen-bond donors (Lipinski definition) is 1. The first-order valence-electron chi connectivity index (χ1n) is 13.2. The first-order chi connectivity index (χ1) is 18.8. The van der Waals surface area contributed by atoms with Gasteiger partial charge >= 0.3 is 5.69 Å². The van der Waals surface area contributed by atoms with Crippen LogP contribution in [0.2, 0.25) is 0 Å². The van der Waals surface area contributed by atoms with Gasteiger partial charge in [0.2, 0.25) is 5.82 Å². The van der Waals surface area contributed by atoms with Crippen molar-refractivity contribution in [3.05, 3.63) is 100 Å². The van der Waals surface area contributed by atoms with Gasteiger partial charge in [-0.15, -0.1) is 10.2 Å². The topological polar surface area (TPSA) is 90.6 Å². The molecular formula is C31H34N6O2. The summed E-state index contributed by atoms with van der Waals surface area (Å²) in [6.07, 6.45) is 3.72. The smallest absolute Gasteiger partial charge is 0.333 e. The van der Waals surface area contributed by atoms with Crippen LogP contribution in [0.5, 0.6) is 5.75 Å². The van der Waals surface area contributed by atoms with E-state index in [1.165, 1.54) is 0 Å². The van der Waals surface area contributed by atoms with Gasteiger partial charge in [-0.25, -0.2) is 4.79 Å². The Labute approximate surface area is 228 Å². The van der Waals surface area contributed by atoms with Crippen LogP contribution >= 0.6 is 0 Å². The fraction of sp³-hybridized carbons (Fsp3) is 0.290. The summed E-state index contributed by atoms with van der Waals surface area (Å²) in [4.78, 5) is 13.9. The number of hydrogen-bond acceptors (Lipinski definition) is 5. The molecule has 3 aromatic carbocycles. The lowest BCUT2D eigenvalue weighted by Gasteiger charge is -2.24. The summed E-state index contributed by atoms with van der Waals surface area (Å²) in [7, 11) is 1.65. The van der Waals surface area contributed by atoms with E-state index in [2.05, 4.69) is 78.7 Å². The van der Waals surface area contributed by atoms with Crippen LogP contribution in [-0.4, -0.2) is 36.9 Å². The molecule has 2 heterocycles. The van der Waals surface area contributed by atoms with E-state index < -0.39 is 0 Å². The lowest BCUT2D eigenvalue weighted by Crippen LogP contribution is -2.27. The van der Waals surface area contributed by atoms with E-state index in [-0.39, 0.29) is 11.1 Å². The minimum absolute atomic E-state index is 0.0695. The number of methoxy groups -OCH3 is 1. The van der Waals surface area contributed by atoms with Gasteiger partial charge in [0.1, 0.15) is 5.75 Å². The molecule has 0 saturated carbocycles. The van der Waals surface area contributed by atoms with Crippen LogP contribution < -0.4 is 10.4 Å². The van der Waals surface area contributed by atoms with Crippen molar-refractivity contribution < 1.29 is 4.74 Å². The molecule has 5 aromatic rings. The second-order valence-electron chi connectivity index (χ2n) is 10.7. The molecule has 0 amide bonds. The van der Waals surface area contributed by atoms with Crippen LogP contribution in [0.4, 0.5) is 0 Å². The molecule has 0 aliphatic heterocycles. The third-order valence-corrected chi connectivity index (χ3v) is 6.95. The molecule has 0 atom stereocenters. The number of ether oxygens (including phenoxy) is 1. The normalized spacial score (nSPS) is 11.6. The maximum Gasteiger partial charge on any atom is 0.333 e. The monoisotopic (exact) mass is 522 g/mol. The highest BCUT2D eigenvalue weighted by molar-refractivity contribution is 5.80. The summed E-state index contributed by atoms with van der Waals surface area (Å²) in [6, 6.07) is 22.3. The minimum Gasteiger partial charge on any atom is -0.495 e. The Morgan fingerprint density at radius 1 is 0.949 bits per heavy atom. The number of H-pyrrole nitrogens is 1. The zero-order valence-electron chi connectivity index (χ0n) is 23.1. The molecule has 8 heteroatoms. The Bertz CT molecular complexity index is 1620. The van der Waals surface area contributed by atoms with E-state index in [0.29, 0.717) is 18.1 Å². The third kappa shape index (κ3) is 5.14. The van der Waals surface area contributed by atoms with Crippen molar-refractivity contribution in [2.75, 3.05) is 7.11 Å². The number of tetrazole rings is 1. The number of benzene rings is 3. The number of rotatable bonds is 8. The molecule has 39 heavy (non-hydrogen) atoms. The largest absolute Gasteiger partial charge is 0.495 e. The van der Waals surface area contributed by atoms with Crippen molar-refractivity contribution in [2.24, 2.45) is 0 Å². The fourth-order valence-corrected chi connectivity index (χ4v) is 5.03. The van der Waals surface area contributed by atoms with E-state index in [0.717, 1.165) is 52.0 Å². The number of imidazole rings is 1. The summed E-state index contributed by atoms with van der Waals surface area (Å²) in [6.45, 7) is 9.07. The molecule has 0 saturated heterocycles. The lowest BCUT2D eigenvalue weighted by atomic mass is 9.85.